The summed E-state index contributed by atoms with van der Waals surface area (Å²) in [4.78, 5) is 23.3. The molecule has 0 aliphatic carbocycles. The van der Waals surface area contributed by atoms with Crippen LogP contribution >= 0.6 is 0 Å². The molecule has 6 rings (SSSR count). The van der Waals surface area contributed by atoms with Gasteiger partial charge in [0.1, 0.15) is 18.7 Å². The Balaban J connectivity index is 1.38. The topological polar surface area (TPSA) is 93.1 Å². The number of piperidine rings is 1. The lowest BCUT2D eigenvalue weighted by atomic mass is 10.0. The van der Waals surface area contributed by atoms with Gasteiger partial charge < -0.3 is 34.3 Å². The van der Waals surface area contributed by atoms with Gasteiger partial charge in [0.25, 0.3) is 0 Å². The number of rotatable bonds is 9. The summed E-state index contributed by atoms with van der Waals surface area (Å²) in [6.07, 6.45) is 11.6. The number of hydrogen-bond acceptors (Lipinski definition) is 9. The Morgan fingerprint density at radius 1 is 1.28 bits per heavy atom. The molecule has 3 unspecified atom stereocenters. The van der Waals surface area contributed by atoms with E-state index in [-0.39, 0.29) is 35.2 Å². The molecule has 0 amide bonds. The Hall–Kier alpha value is -4.09. The molecule has 3 aromatic rings. The summed E-state index contributed by atoms with van der Waals surface area (Å²) < 4.78 is 33.9. The van der Waals surface area contributed by atoms with Crippen LogP contribution in [0.1, 0.15) is 31.4 Å². The van der Waals surface area contributed by atoms with Gasteiger partial charge >= 0.3 is 0 Å². The molecule has 228 valence electrons. The van der Waals surface area contributed by atoms with Crippen LogP contribution in [0.15, 0.2) is 59.3 Å². The molecule has 11 heteroatoms. The van der Waals surface area contributed by atoms with Crippen molar-refractivity contribution in [3.63, 3.8) is 0 Å². The van der Waals surface area contributed by atoms with Crippen LogP contribution in [0.25, 0.3) is 10.9 Å². The molecule has 1 aromatic carbocycles. The largest absolute Gasteiger partial charge is 0.490 e. The Kier molecular flexibility index (Phi) is 8.27. The maximum Gasteiger partial charge on any atom is 0.199 e. The fourth-order valence-electron chi connectivity index (χ4n) is 6.33. The molecule has 10 nitrogen and oxygen atoms in total. The molecule has 0 bridgehead atoms. The molecular formula is C32H39FN6O4. The molecule has 0 spiro atoms. The van der Waals surface area contributed by atoms with E-state index in [1.165, 1.54) is 13.2 Å². The van der Waals surface area contributed by atoms with Gasteiger partial charge in [-0.1, -0.05) is 0 Å². The molecule has 3 aliphatic rings. The Morgan fingerprint density at radius 3 is 2.88 bits per heavy atom. The van der Waals surface area contributed by atoms with Crippen LogP contribution in [0.4, 0.5) is 15.9 Å². The van der Waals surface area contributed by atoms with Crippen LogP contribution in [0.3, 0.4) is 0 Å². The minimum atomic E-state index is -0.603. The van der Waals surface area contributed by atoms with E-state index in [0.717, 1.165) is 43.0 Å². The second kappa shape index (κ2) is 12.3. The first-order chi connectivity index (χ1) is 20.9. The van der Waals surface area contributed by atoms with Gasteiger partial charge in [-0.15, -0.1) is 0 Å². The van der Waals surface area contributed by atoms with Crippen LogP contribution in [-0.2, 0) is 11.3 Å². The van der Waals surface area contributed by atoms with E-state index in [1.54, 1.807) is 7.11 Å². The predicted molar refractivity (Wildman–Crippen MR) is 166 cm³/mol. The summed E-state index contributed by atoms with van der Waals surface area (Å²) in [5.74, 6) is 0.536. The summed E-state index contributed by atoms with van der Waals surface area (Å²) >= 11 is 0. The molecule has 2 N–H and O–H groups in total. The van der Waals surface area contributed by atoms with Crippen molar-refractivity contribution in [3.8, 4) is 11.5 Å². The number of anilines is 2. The minimum absolute atomic E-state index is 0.0267. The van der Waals surface area contributed by atoms with E-state index in [1.807, 2.05) is 49.3 Å². The number of dihydropyridines is 1. The zero-order valence-electron chi connectivity index (χ0n) is 25.1. The van der Waals surface area contributed by atoms with E-state index in [2.05, 4.69) is 37.6 Å². The third-order valence-corrected chi connectivity index (χ3v) is 8.62. The first-order valence-electron chi connectivity index (χ1n) is 14.8. The third kappa shape index (κ3) is 5.66. The fourth-order valence-corrected chi connectivity index (χ4v) is 6.33. The van der Waals surface area contributed by atoms with Crippen molar-refractivity contribution < 1.29 is 18.6 Å². The number of benzene rings is 1. The highest BCUT2D eigenvalue weighted by Gasteiger charge is 2.30. The third-order valence-electron chi connectivity index (χ3n) is 8.62. The number of nitrogens with zero attached hydrogens (tertiary/aromatic N) is 4. The maximum absolute atomic E-state index is 15.1. The van der Waals surface area contributed by atoms with Gasteiger partial charge in [0.05, 0.1) is 35.9 Å². The standard InChI is InChI=1S/C32H39FN6O4/c1-20-19-43-32-29-25(13-26(33)31(32)42-4)30(40)22(17-39(20)29)16-38(15-21-9-10-35-28(12-21)41-3)24-6-5-11-37(18-24)23-7-8-27(34-2)36-14-23/h7-10,12-14,17,20,24,28,35H,5-6,11,15-16,18-19H2,1-4H3,(H,34,36). The van der Waals surface area contributed by atoms with E-state index >= 15 is 4.39 Å². The van der Waals surface area contributed by atoms with E-state index in [4.69, 9.17) is 14.2 Å². The van der Waals surface area contributed by atoms with E-state index in [9.17, 15) is 4.79 Å². The number of aromatic nitrogens is 2. The van der Waals surface area contributed by atoms with Gasteiger partial charge in [0.15, 0.2) is 22.7 Å². The molecule has 0 saturated carbocycles. The summed E-state index contributed by atoms with van der Waals surface area (Å²) in [6.45, 7) is 5.17. The Bertz CT molecular complexity index is 1600. The quantitative estimate of drug-likeness (QED) is 0.383. The van der Waals surface area contributed by atoms with Gasteiger partial charge in [-0.25, -0.2) is 9.37 Å². The van der Waals surface area contributed by atoms with Crippen molar-refractivity contribution in [2.24, 2.45) is 0 Å². The molecule has 2 aromatic heterocycles. The number of ether oxygens (including phenoxy) is 3. The van der Waals surface area contributed by atoms with Crippen LogP contribution in [0, 0.1) is 5.82 Å². The van der Waals surface area contributed by atoms with Gasteiger partial charge in [-0.2, -0.15) is 0 Å². The summed E-state index contributed by atoms with van der Waals surface area (Å²) in [6, 6.07) is 5.51. The Labute approximate surface area is 250 Å². The van der Waals surface area contributed by atoms with Gasteiger partial charge in [0, 0.05) is 58.1 Å². The molecule has 3 atom stereocenters. The number of methoxy groups -OCH3 is 2. The van der Waals surface area contributed by atoms with Crippen molar-refractivity contribution in [3.05, 3.63) is 76.1 Å². The number of hydrogen-bond donors (Lipinski definition) is 2. The summed E-state index contributed by atoms with van der Waals surface area (Å²) in [7, 11) is 4.94. The molecule has 5 heterocycles. The number of nitrogens with one attached hydrogen (secondary N) is 2. The zero-order chi connectivity index (χ0) is 30.1. The lowest BCUT2D eigenvalue weighted by molar-refractivity contribution is 0.121. The van der Waals surface area contributed by atoms with Gasteiger partial charge in [-0.3, -0.25) is 9.69 Å². The number of halogens is 1. The maximum atomic E-state index is 15.1. The van der Waals surface area contributed by atoms with Gasteiger partial charge in [-0.05, 0) is 61.9 Å². The van der Waals surface area contributed by atoms with Crippen LogP contribution in [0.5, 0.6) is 11.5 Å². The second-order valence-electron chi connectivity index (χ2n) is 11.4. The normalized spacial score (nSPS) is 21.4. The second-order valence-corrected chi connectivity index (χ2v) is 11.4. The molecular weight excluding hydrogens is 551 g/mol. The van der Waals surface area contributed by atoms with Crippen LogP contribution in [-0.4, -0.2) is 74.2 Å². The smallest absolute Gasteiger partial charge is 0.199 e. The lowest BCUT2D eigenvalue weighted by Gasteiger charge is -2.41. The molecule has 0 radical (unpaired) electrons. The summed E-state index contributed by atoms with van der Waals surface area (Å²) in [5.41, 5.74) is 3.18. The monoisotopic (exact) mass is 590 g/mol. The SMILES string of the molecule is CNc1ccc(N2CCCC(N(CC3=CC(OC)NC=C3)Cc3cn4c5c(c(OC)c(F)cc5c3=O)OCC4C)C2)cn1. The Morgan fingerprint density at radius 2 is 2.14 bits per heavy atom. The average molecular weight is 591 g/mol. The average Bonchev–Trinajstić information content (AvgIpc) is 3.04. The van der Waals surface area contributed by atoms with Crippen molar-refractivity contribution >= 4 is 22.4 Å². The highest BCUT2D eigenvalue weighted by atomic mass is 19.1. The molecule has 1 saturated heterocycles. The molecule has 43 heavy (non-hydrogen) atoms. The van der Waals surface area contributed by atoms with Gasteiger partial charge in [0.2, 0.25) is 0 Å². The summed E-state index contributed by atoms with van der Waals surface area (Å²) in [5, 5.41) is 6.57. The van der Waals surface area contributed by atoms with E-state index < -0.39 is 5.82 Å². The first kappa shape index (κ1) is 29.0. The van der Waals surface area contributed by atoms with Crippen molar-refractivity contribution in [1.82, 2.24) is 19.8 Å². The molecule has 3 aliphatic heterocycles. The van der Waals surface area contributed by atoms with Crippen molar-refractivity contribution in [2.45, 2.75) is 44.6 Å². The van der Waals surface area contributed by atoms with E-state index in [0.29, 0.717) is 36.2 Å². The lowest BCUT2D eigenvalue weighted by Crippen LogP contribution is -2.49. The predicted octanol–water partition coefficient (Wildman–Crippen LogP) is 4.03. The highest BCUT2D eigenvalue weighted by molar-refractivity contribution is 5.89. The number of pyridine rings is 2. The highest BCUT2D eigenvalue weighted by Crippen LogP contribution is 2.41. The van der Waals surface area contributed by atoms with Crippen molar-refractivity contribution in [1.29, 1.82) is 0 Å². The van der Waals surface area contributed by atoms with Crippen LogP contribution < -0.4 is 30.4 Å². The zero-order valence-corrected chi connectivity index (χ0v) is 25.1. The van der Waals surface area contributed by atoms with Crippen molar-refractivity contribution in [2.75, 3.05) is 57.7 Å². The fraction of sp³-hybridized carbons (Fsp3) is 0.438. The molecule has 1 fully saturated rings. The minimum Gasteiger partial charge on any atom is -0.490 e. The first-order valence-corrected chi connectivity index (χ1v) is 14.8. The van der Waals surface area contributed by atoms with Crippen LogP contribution in [0.2, 0.25) is 0 Å².